The lowest BCUT2D eigenvalue weighted by molar-refractivity contribution is 0.0947. The molecular weight excluding hydrogens is 452 g/mol. The minimum absolute atomic E-state index is 0.116. The number of benzene rings is 3. The van der Waals surface area contributed by atoms with Gasteiger partial charge in [0.25, 0.3) is 5.91 Å². The van der Waals surface area contributed by atoms with Gasteiger partial charge in [0, 0.05) is 5.56 Å². The number of aryl methyl sites for hydroxylation is 2. The van der Waals surface area contributed by atoms with Gasteiger partial charge in [-0.1, -0.05) is 30.3 Å². The molecule has 0 spiro atoms. The summed E-state index contributed by atoms with van der Waals surface area (Å²) < 4.78 is 37.4. The first-order chi connectivity index (χ1) is 16.2. The topological polar surface area (TPSA) is 84.9 Å². The Morgan fingerprint density at radius 1 is 0.971 bits per heavy atom. The molecule has 0 saturated carbocycles. The number of nitrogens with one attached hydrogen (secondary N) is 1. The average molecular weight is 483 g/mol. The Bertz CT molecular complexity index is 1240. The number of carbonyl (C=O) groups excluding carboxylic acids is 1. The summed E-state index contributed by atoms with van der Waals surface area (Å²) in [5, 5.41) is 2.83. The Kier molecular flexibility index (Phi) is 8.17. The number of rotatable bonds is 10. The largest absolute Gasteiger partial charge is 0.495 e. The van der Waals surface area contributed by atoms with Gasteiger partial charge in [0.1, 0.15) is 18.1 Å². The molecule has 0 aromatic heterocycles. The van der Waals surface area contributed by atoms with E-state index >= 15 is 0 Å². The third kappa shape index (κ3) is 6.74. The maximum Gasteiger partial charge on any atom is 0.251 e. The fourth-order valence-corrected chi connectivity index (χ4v) is 4.33. The summed E-state index contributed by atoms with van der Waals surface area (Å²) >= 11 is 0. The van der Waals surface area contributed by atoms with E-state index < -0.39 is 10.0 Å². The number of amides is 1. The summed E-state index contributed by atoms with van der Waals surface area (Å²) in [4.78, 5) is 12.5. The summed E-state index contributed by atoms with van der Waals surface area (Å²) in [6, 6.07) is 20.0. The summed E-state index contributed by atoms with van der Waals surface area (Å²) in [5.41, 5.74) is 3.73. The lowest BCUT2D eigenvalue weighted by Gasteiger charge is -2.25. The number of hydrogen-bond donors (Lipinski definition) is 1. The highest BCUT2D eigenvalue weighted by atomic mass is 32.2. The van der Waals surface area contributed by atoms with E-state index in [1.165, 1.54) is 11.4 Å². The fourth-order valence-electron chi connectivity index (χ4n) is 3.44. The molecule has 0 saturated heterocycles. The zero-order chi connectivity index (χ0) is 24.7. The predicted octanol–water partition coefficient (Wildman–Crippen LogP) is 4.09. The standard InChI is InChI=1S/C26H30N2O5S/c1-19-6-5-7-23(16-19)33-15-14-27-26(29)22-11-9-21(10-12-22)18-28(34(4,30)31)24-17-20(2)8-13-25(24)32-3/h5-13,16-17H,14-15,18H2,1-4H3,(H,27,29). The van der Waals surface area contributed by atoms with Gasteiger partial charge in [-0.15, -0.1) is 0 Å². The van der Waals surface area contributed by atoms with Crippen LogP contribution in [0, 0.1) is 13.8 Å². The van der Waals surface area contributed by atoms with Crippen LogP contribution in [0.25, 0.3) is 0 Å². The molecule has 0 aliphatic heterocycles. The van der Waals surface area contributed by atoms with Gasteiger partial charge < -0.3 is 14.8 Å². The predicted molar refractivity (Wildman–Crippen MR) is 134 cm³/mol. The number of nitrogens with zero attached hydrogens (tertiary/aromatic N) is 1. The Morgan fingerprint density at radius 3 is 2.32 bits per heavy atom. The van der Waals surface area contributed by atoms with Crippen molar-refractivity contribution in [3.8, 4) is 11.5 Å². The van der Waals surface area contributed by atoms with E-state index in [0.717, 1.165) is 28.7 Å². The van der Waals surface area contributed by atoms with Crippen molar-refractivity contribution in [1.29, 1.82) is 0 Å². The molecule has 0 bridgehead atoms. The smallest absolute Gasteiger partial charge is 0.251 e. The van der Waals surface area contributed by atoms with Crippen molar-refractivity contribution in [3.05, 3.63) is 89.0 Å². The van der Waals surface area contributed by atoms with E-state index in [2.05, 4.69) is 5.32 Å². The first-order valence-electron chi connectivity index (χ1n) is 10.9. The Balaban J connectivity index is 1.63. The Hall–Kier alpha value is -3.52. The van der Waals surface area contributed by atoms with Crippen LogP contribution >= 0.6 is 0 Å². The number of carbonyl (C=O) groups is 1. The summed E-state index contributed by atoms with van der Waals surface area (Å²) in [6.45, 7) is 4.72. The van der Waals surface area contributed by atoms with Gasteiger partial charge in [-0.05, 0) is 66.9 Å². The molecule has 7 nitrogen and oxygen atoms in total. The van der Waals surface area contributed by atoms with Crippen LogP contribution in [-0.4, -0.2) is 40.8 Å². The van der Waals surface area contributed by atoms with Gasteiger partial charge in [0.05, 0.1) is 32.1 Å². The molecule has 0 atom stereocenters. The van der Waals surface area contributed by atoms with Gasteiger partial charge in [0.15, 0.2) is 0 Å². The van der Waals surface area contributed by atoms with Crippen LogP contribution in [0.15, 0.2) is 66.7 Å². The quantitative estimate of drug-likeness (QED) is 0.440. The molecule has 8 heteroatoms. The molecule has 34 heavy (non-hydrogen) atoms. The van der Waals surface area contributed by atoms with Crippen LogP contribution in [0.3, 0.4) is 0 Å². The van der Waals surface area contributed by atoms with Gasteiger partial charge in [-0.3, -0.25) is 9.10 Å². The lowest BCUT2D eigenvalue weighted by atomic mass is 10.1. The molecule has 1 N–H and O–H groups in total. The second-order valence-electron chi connectivity index (χ2n) is 8.06. The van der Waals surface area contributed by atoms with Crippen molar-refractivity contribution < 1.29 is 22.7 Å². The zero-order valence-electron chi connectivity index (χ0n) is 19.9. The molecule has 0 fully saturated rings. The van der Waals surface area contributed by atoms with Gasteiger partial charge in [-0.2, -0.15) is 0 Å². The molecule has 3 aromatic carbocycles. The van der Waals surface area contributed by atoms with E-state index in [9.17, 15) is 13.2 Å². The minimum Gasteiger partial charge on any atom is -0.495 e. The van der Waals surface area contributed by atoms with Crippen LogP contribution < -0.4 is 19.1 Å². The van der Waals surface area contributed by atoms with Crippen LogP contribution in [0.1, 0.15) is 27.0 Å². The average Bonchev–Trinajstić information content (AvgIpc) is 2.80. The van der Waals surface area contributed by atoms with Crippen LogP contribution in [0.5, 0.6) is 11.5 Å². The number of hydrogen-bond acceptors (Lipinski definition) is 5. The summed E-state index contributed by atoms with van der Waals surface area (Å²) in [6.07, 6.45) is 1.16. The molecule has 0 unspecified atom stereocenters. The molecule has 0 heterocycles. The van der Waals surface area contributed by atoms with Gasteiger partial charge in [-0.25, -0.2) is 8.42 Å². The molecule has 0 aliphatic rings. The normalized spacial score (nSPS) is 11.1. The number of methoxy groups -OCH3 is 1. The third-order valence-corrected chi connectivity index (χ3v) is 6.32. The first kappa shape index (κ1) is 25.1. The van der Waals surface area contributed by atoms with Crippen molar-refractivity contribution in [2.45, 2.75) is 20.4 Å². The van der Waals surface area contributed by atoms with Crippen molar-refractivity contribution in [3.63, 3.8) is 0 Å². The van der Waals surface area contributed by atoms with E-state index in [1.807, 2.05) is 44.2 Å². The van der Waals surface area contributed by atoms with E-state index in [4.69, 9.17) is 9.47 Å². The number of anilines is 1. The maximum atomic E-state index is 12.6. The molecule has 0 radical (unpaired) electrons. The Labute approximate surface area is 201 Å². The van der Waals surface area contributed by atoms with Crippen LogP contribution in [0.4, 0.5) is 5.69 Å². The van der Waals surface area contributed by atoms with Crippen molar-refractivity contribution in [2.24, 2.45) is 0 Å². The highest BCUT2D eigenvalue weighted by Crippen LogP contribution is 2.32. The van der Waals surface area contributed by atoms with Crippen molar-refractivity contribution in [2.75, 3.05) is 30.8 Å². The van der Waals surface area contributed by atoms with Crippen molar-refractivity contribution >= 4 is 21.6 Å². The molecule has 3 rings (SSSR count). The third-order valence-electron chi connectivity index (χ3n) is 5.19. The highest BCUT2D eigenvalue weighted by molar-refractivity contribution is 7.92. The summed E-state index contributed by atoms with van der Waals surface area (Å²) in [5.74, 6) is 1.01. The van der Waals surface area contributed by atoms with E-state index in [0.29, 0.717) is 30.2 Å². The maximum absolute atomic E-state index is 12.6. The monoisotopic (exact) mass is 482 g/mol. The zero-order valence-corrected chi connectivity index (χ0v) is 20.7. The second kappa shape index (κ2) is 11.1. The molecule has 180 valence electrons. The van der Waals surface area contributed by atoms with Gasteiger partial charge >= 0.3 is 0 Å². The number of ether oxygens (including phenoxy) is 2. The van der Waals surface area contributed by atoms with Gasteiger partial charge in [0.2, 0.25) is 10.0 Å². The van der Waals surface area contributed by atoms with E-state index in [-0.39, 0.29) is 12.5 Å². The molecular formula is C26H30N2O5S. The molecule has 3 aromatic rings. The molecule has 1 amide bonds. The molecule has 0 aliphatic carbocycles. The Morgan fingerprint density at radius 2 is 1.68 bits per heavy atom. The summed E-state index contributed by atoms with van der Waals surface area (Å²) in [7, 11) is -2.06. The number of sulfonamides is 1. The lowest BCUT2D eigenvalue weighted by Crippen LogP contribution is -2.30. The first-order valence-corrected chi connectivity index (χ1v) is 12.7. The SMILES string of the molecule is COc1ccc(C)cc1N(Cc1ccc(C(=O)NCCOc2cccc(C)c2)cc1)S(C)(=O)=O. The highest BCUT2D eigenvalue weighted by Gasteiger charge is 2.22. The van der Waals surface area contributed by atoms with E-state index in [1.54, 1.807) is 36.4 Å². The second-order valence-corrected chi connectivity index (χ2v) is 9.97. The van der Waals surface area contributed by atoms with Crippen LogP contribution in [0.2, 0.25) is 0 Å². The fraction of sp³-hybridized carbons (Fsp3) is 0.269. The minimum atomic E-state index is -3.57. The van der Waals surface area contributed by atoms with Crippen LogP contribution in [-0.2, 0) is 16.6 Å². The van der Waals surface area contributed by atoms with Crippen molar-refractivity contribution in [1.82, 2.24) is 5.32 Å².